The predicted molar refractivity (Wildman–Crippen MR) is 92.5 cm³/mol. The fraction of sp³-hybridized carbons (Fsp3) is 0.235. The van der Waals surface area contributed by atoms with E-state index in [1.165, 1.54) is 30.8 Å². The van der Waals surface area contributed by atoms with E-state index in [1.54, 1.807) is 6.20 Å². The van der Waals surface area contributed by atoms with Gasteiger partial charge in [-0.15, -0.1) is 0 Å². The maximum atomic E-state index is 12.3. The van der Waals surface area contributed by atoms with Crippen molar-refractivity contribution in [3.63, 3.8) is 0 Å². The minimum atomic E-state index is -0.488. The molecule has 0 fully saturated rings. The molecule has 0 spiro atoms. The second-order valence-corrected chi connectivity index (χ2v) is 5.60. The molecule has 3 aromatic rings. The van der Waals surface area contributed by atoms with Crippen LogP contribution >= 0.6 is 0 Å². The minimum Gasteiger partial charge on any atom is -0.350 e. The highest BCUT2D eigenvalue weighted by Gasteiger charge is 2.13. The molecule has 3 heterocycles. The minimum absolute atomic E-state index is 0.150. The van der Waals surface area contributed by atoms with Crippen LogP contribution in [0.1, 0.15) is 16.2 Å². The Balaban J connectivity index is 1.83. The van der Waals surface area contributed by atoms with Crippen molar-refractivity contribution in [3.8, 4) is 0 Å². The van der Waals surface area contributed by atoms with E-state index in [4.69, 9.17) is 0 Å². The molecular formula is C17H17N5O3. The molecule has 0 aliphatic carbocycles. The van der Waals surface area contributed by atoms with Gasteiger partial charge in [0.05, 0.1) is 5.39 Å². The number of aromatic nitrogens is 4. The summed E-state index contributed by atoms with van der Waals surface area (Å²) in [6.45, 7) is 0.408. The lowest BCUT2D eigenvalue weighted by atomic mass is 10.2. The summed E-state index contributed by atoms with van der Waals surface area (Å²) >= 11 is 0. The molecule has 0 aliphatic rings. The van der Waals surface area contributed by atoms with Crippen LogP contribution in [0.2, 0.25) is 0 Å². The first-order chi connectivity index (χ1) is 12.0. The van der Waals surface area contributed by atoms with E-state index in [9.17, 15) is 14.4 Å². The Bertz CT molecular complexity index is 1050. The number of amides is 1. The van der Waals surface area contributed by atoms with E-state index < -0.39 is 11.2 Å². The molecule has 128 valence electrons. The normalized spacial score (nSPS) is 10.8. The number of rotatable bonds is 4. The Morgan fingerprint density at radius 2 is 1.92 bits per heavy atom. The second kappa shape index (κ2) is 6.68. The summed E-state index contributed by atoms with van der Waals surface area (Å²) in [6.07, 6.45) is 2.29. The third-order valence-electron chi connectivity index (χ3n) is 3.93. The number of pyridine rings is 2. The lowest BCUT2D eigenvalue weighted by Gasteiger charge is -2.08. The molecule has 3 rings (SSSR count). The van der Waals surface area contributed by atoms with Gasteiger partial charge in [0.15, 0.2) is 0 Å². The van der Waals surface area contributed by atoms with Crippen molar-refractivity contribution >= 4 is 16.9 Å². The van der Waals surface area contributed by atoms with Crippen LogP contribution in [0.3, 0.4) is 0 Å². The van der Waals surface area contributed by atoms with Crippen molar-refractivity contribution in [1.82, 2.24) is 24.4 Å². The van der Waals surface area contributed by atoms with Gasteiger partial charge in [-0.25, -0.2) is 9.78 Å². The van der Waals surface area contributed by atoms with Crippen molar-refractivity contribution in [3.05, 3.63) is 68.8 Å². The molecule has 0 aliphatic heterocycles. The number of fused-ring (bicyclic) bond motifs is 1. The van der Waals surface area contributed by atoms with Crippen LogP contribution in [0.15, 0.2) is 46.1 Å². The zero-order valence-corrected chi connectivity index (χ0v) is 13.9. The predicted octanol–water partition coefficient (Wildman–Crippen LogP) is -0.000300. The van der Waals surface area contributed by atoms with Gasteiger partial charge in [-0.1, -0.05) is 6.07 Å². The van der Waals surface area contributed by atoms with Gasteiger partial charge in [0.1, 0.15) is 11.3 Å². The van der Waals surface area contributed by atoms with Crippen LogP contribution in [-0.4, -0.2) is 31.6 Å². The van der Waals surface area contributed by atoms with Gasteiger partial charge in [-0.05, 0) is 24.3 Å². The van der Waals surface area contributed by atoms with Crippen molar-refractivity contribution < 1.29 is 4.79 Å². The second-order valence-electron chi connectivity index (χ2n) is 5.60. The number of nitrogens with one attached hydrogen (secondary N) is 1. The Hall–Kier alpha value is -3.29. The van der Waals surface area contributed by atoms with Gasteiger partial charge in [0.2, 0.25) is 0 Å². The summed E-state index contributed by atoms with van der Waals surface area (Å²) in [6, 6.07) is 8.58. The van der Waals surface area contributed by atoms with Gasteiger partial charge in [0, 0.05) is 39.0 Å². The standard InChI is InChI=1S/C17H17N5O3/c1-21-14-12(16(24)22(2)17(21)25)6-7-13(20-14)15(23)19-10-8-11-5-3-4-9-18-11/h3-7,9H,8,10H2,1-2H3,(H,19,23). The topological polar surface area (TPSA) is 98.9 Å². The van der Waals surface area contributed by atoms with Gasteiger partial charge < -0.3 is 5.32 Å². The Morgan fingerprint density at radius 3 is 2.64 bits per heavy atom. The molecule has 8 heteroatoms. The molecule has 1 N–H and O–H groups in total. The largest absolute Gasteiger partial charge is 0.350 e. The number of hydrogen-bond donors (Lipinski definition) is 1. The zero-order chi connectivity index (χ0) is 18.0. The zero-order valence-electron chi connectivity index (χ0n) is 13.9. The van der Waals surface area contributed by atoms with E-state index in [0.717, 1.165) is 10.3 Å². The van der Waals surface area contributed by atoms with Crippen molar-refractivity contribution in [2.45, 2.75) is 6.42 Å². The van der Waals surface area contributed by atoms with E-state index >= 15 is 0 Å². The molecule has 25 heavy (non-hydrogen) atoms. The summed E-state index contributed by atoms with van der Waals surface area (Å²) in [4.78, 5) is 44.7. The highest BCUT2D eigenvalue weighted by Crippen LogP contribution is 2.06. The SMILES string of the molecule is Cn1c(=O)c2ccc(C(=O)NCCc3ccccn3)nc2n(C)c1=O. The lowest BCUT2D eigenvalue weighted by molar-refractivity contribution is 0.0949. The summed E-state index contributed by atoms with van der Waals surface area (Å²) in [5.74, 6) is -0.369. The van der Waals surface area contributed by atoms with Gasteiger partial charge in [0.25, 0.3) is 11.5 Å². The van der Waals surface area contributed by atoms with Crippen LogP contribution < -0.4 is 16.6 Å². The number of aryl methyl sites for hydroxylation is 1. The Kier molecular flexibility index (Phi) is 4.42. The quantitative estimate of drug-likeness (QED) is 0.721. The van der Waals surface area contributed by atoms with E-state index in [1.807, 2.05) is 18.2 Å². The third kappa shape index (κ3) is 3.18. The number of nitrogens with zero attached hydrogens (tertiary/aromatic N) is 4. The van der Waals surface area contributed by atoms with Crippen molar-refractivity contribution in [1.29, 1.82) is 0 Å². The molecule has 0 unspecified atom stereocenters. The maximum absolute atomic E-state index is 12.3. The maximum Gasteiger partial charge on any atom is 0.332 e. The fourth-order valence-corrected chi connectivity index (χ4v) is 2.52. The molecule has 0 bridgehead atoms. The van der Waals surface area contributed by atoms with E-state index in [-0.39, 0.29) is 22.6 Å². The molecule has 0 aromatic carbocycles. The van der Waals surface area contributed by atoms with Crippen LogP contribution in [0.5, 0.6) is 0 Å². The number of carbonyl (C=O) groups is 1. The monoisotopic (exact) mass is 339 g/mol. The highest BCUT2D eigenvalue weighted by molar-refractivity contribution is 5.94. The molecular weight excluding hydrogens is 322 g/mol. The van der Waals surface area contributed by atoms with Crippen molar-refractivity contribution in [2.75, 3.05) is 6.54 Å². The summed E-state index contributed by atoms with van der Waals surface area (Å²) in [5, 5.41) is 3.05. The van der Waals surface area contributed by atoms with Gasteiger partial charge in [-0.2, -0.15) is 0 Å². The molecule has 1 amide bonds. The molecule has 0 atom stereocenters. The van der Waals surface area contributed by atoms with Crippen LogP contribution in [0.4, 0.5) is 0 Å². The molecule has 0 saturated carbocycles. The smallest absolute Gasteiger partial charge is 0.332 e. The third-order valence-corrected chi connectivity index (χ3v) is 3.93. The molecule has 0 radical (unpaired) electrons. The van der Waals surface area contributed by atoms with Gasteiger partial charge in [-0.3, -0.25) is 23.7 Å². The first-order valence-corrected chi connectivity index (χ1v) is 7.74. The fourth-order valence-electron chi connectivity index (χ4n) is 2.52. The number of hydrogen-bond acceptors (Lipinski definition) is 5. The van der Waals surface area contributed by atoms with Crippen LogP contribution in [-0.2, 0) is 20.5 Å². The number of carbonyl (C=O) groups excluding carboxylic acids is 1. The first kappa shape index (κ1) is 16.6. The van der Waals surface area contributed by atoms with E-state index in [0.29, 0.717) is 13.0 Å². The summed E-state index contributed by atoms with van der Waals surface area (Å²) in [7, 11) is 2.92. The van der Waals surface area contributed by atoms with E-state index in [2.05, 4.69) is 15.3 Å². The van der Waals surface area contributed by atoms with Crippen LogP contribution in [0, 0.1) is 0 Å². The Morgan fingerprint density at radius 1 is 1.12 bits per heavy atom. The lowest BCUT2D eigenvalue weighted by Crippen LogP contribution is -2.37. The summed E-state index contributed by atoms with van der Waals surface area (Å²) < 4.78 is 2.26. The summed E-state index contributed by atoms with van der Waals surface area (Å²) in [5.41, 5.74) is 0.285. The molecule has 3 aromatic heterocycles. The average molecular weight is 339 g/mol. The first-order valence-electron chi connectivity index (χ1n) is 7.74. The Labute approximate surface area is 142 Å². The highest BCUT2D eigenvalue weighted by atomic mass is 16.2. The van der Waals surface area contributed by atoms with Gasteiger partial charge >= 0.3 is 5.69 Å². The molecule has 8 nitrogen and oxygen atoms in total. The average Bonchev–Trinajstić information content (AvgIpc) is 2.65. The van der Waals surface area contributed by atoms with Crippen molar-refractivity contribution in [2.24, 2.45) is 14.1 Å². The van der Waals surface area contributed by atoms with Crippen LogP contribution in [0.25, 0.3) is 11.0 Å². The molecule has 0 saturated heterocycles.